The first-order chi connectivity index (χ1) is 11.3. The van der Waals surface area contributed by atoms with Gasteiger partial charge >= 0.3 is 0 Å². The van der Waals surface area contributed by atoms with Crippen LogP contribution in [0.25, 0.3) is 0 Å². The Bertz CT molecular complexity index is 857. The fourth-order valence-electron chi connectivity index (χ4n) is 2.72. The lowest BCUT2D eigenvalue weighted by atomic mass is 10.0. The van der Waals surface area contributed by atoms with Gasteiger partial charge in [0.25, 0.3) is 0 Å². The molecule has 0 aliphatic carbocycles. The summed E-state index contributed by atoms with van der Waals surface area (Å²) in [7, 11) is 0. The third-order valence-corrected chi connectivity index (χ3v) is 5.47. The molecule has 0 spiro atoms. The number of nitrogens with zero attached hydrogens (tertiary/aromatic N) is 1. The second-order valence-electron chi connectivity index (χ2n) is 5.34. The highest BCUT2D eigenvalue weighted by Crippen LogP contribution is 2.46. The van der Waals surface area contributed by atoms with Crippen molar-refractivity contribution in [1.82, 2.24) is 0 Å². The van der Waals surface area contributed by atoms with Crippen LogP contribution in [0.3, 0.4) is 0 Å². The fourth-order valence-corrected chi connectivity index (χ4v) is 4.32. The zero-order valence-electron chi connectivity index (χ0n) is 12.3. The summed E-state index contributed by atoms with van der Waals surface area (Å²) < 4.78 is 5.58. The molecule has 4 heteroatoms. The van der Waals surface area contributed by atoms with E-state index in [2.05, 4.69) is 12.1 Å². The van der Waals surface area contributed by atoms with E-state index in [-0.39, 0.29) is 5.25 Å². The Kier molecular flexibility index (Phi) is 3.98. The first-order valence-corrected chi connectivity index (χ1v) is 8.68. The predicted octanol–water partition coefficient (Wildman–Crippen LogP) is 6.29. The summed E-state index contributed by atoms with van der Waals surface area (Å²) in [5.74, 6) is 0.819. The van der Waals surface area contributed by atoms with Gasteiger partial charge in [0.05, 0.1) is 17.7 Å². The Morgan fingerprint density at radius 1 is 1.00 bits per heavy atom. The summed E-state index contributed by atoms with van der Waals surface area (Å²) in [6.07, 6.45) is 2.46. The fraction of sp³-hybridized carbons (Fsp3) is 0.105. The zero-order chi connectivity index (χ0) is 15.6. The Hall–Kier alpha value is -1.97. The molecule has 2 aromatic carbocycles. The Morgan fingerprint density at radius 2 is 1.83 bits per heavy atom. The standard InChI is InChI=1S/C19H14ClNOS/c20-14-7-2-1-6-13(14)19-12-16(17-9-5-11-22-17)21-15-8-3-4-10-18(15)23-19/h1-11,19H,12H2. The van der Waals surface area contributed by atoms with Crippen molar-refractivity contribution in [3.05, 3.63) is 83.3 Å². The molecule has 2 heterocycles. The number of hydrogen-bond donors (Lipinski definition) is 0. The summed E-state index contributed by atoms with van der Waals surface area (Å²) >= 11 is 8.24. The molecule has 1 aliphatic rings. The predicted molar refractivity (Wildman–Crippen MR) is 96.0 cm³/mol. The van der Waals surface area contributed by atoms with Crippen molar-refractivity contribution >= 4 is 34.8 Å². The molecular weight excluding hydrogens is 326 g/mol. The number of furan rings is 1. The van der Waals surface area contributed by atoms with E-state index in [0.29, 0.717) is 0 Å². The van der Waals surface area contributed by atoms with E-state index in [1.54, 1.807) is 18.0 Å². The maximum atomic E-state index is 6.43. The minimum Gasteiger partial charge on any atom is -0.463 e. The highest BCUT2D eigenvalue weighted by atomic mass is 35.5. The Morgan fingerprint density at radius 3 is 2.65 bits per heavy atom. The van der Waals surface area contributed by atoms with Gasteiger partial charge in [-0.05, 0) is 35.9 Å². The molecule has 23 heavy (non-hydrogen) atoms. The largest absolute Gasteiger partial charge is 0.463 e. The van der Waals surface area contributed by atoms with Gasteiger partial charge in [-0.1, -0.05) is 41.9 Å². The van der Waals surface area contributed by atoms with Gasteiger partial charge in [-0.3, -0.25) is 0 Å². The van der Waals surface area contributed by atoms with Crippen LogP contribution in [-0.4, -0.2) is 5.71 Å². The molecule has 3 aromatic rings. The maximum absolute atomic E-state index is 6.43. The van der Waals surface area contributed by atoms with E-state index in [4.69, 9.17) is 21.0 Å². The van der Waals surface area contributed by atoms with Crippen molar-refractivity contribution in [3.8, 4) is 0 Å². The number of hydrogen-bond acceptors (Lipinski definition) is 3. The first kappa shape index (κ1) is 14.6. The summed E-state index contributed by atoms with van der Waals surface area (Å²) in [6, 6.07) is 20.1. The number of benzene rings is 2. The molecule has 4 rings (SSSR count). The molecule has 0 saturated carbocycles. The van der Waals surface area contributed by atoms with E-state index >= 15 is 0 Å². The summed E-state index contributed by atoms with van der Waals surface area (Å²) in [5.41, 5.74) is 3.07. The van der Waals surface area contributed by atoms with Gasteiger partial charge in [0.1, 0.15) is 5.76 Å². The van der Waals surface area contributed by atoms with Crippen LogP contribution in [0.5, 0.6) is 0 Å². The highest BCUT2D eigenvalue weighted by Gasteiger charge is 2.24. The monoisotopic (exact) mass is 339 g/mol. The van der Waals surface area contributed by atoms with Gasteiger partial charge in [-0.15, -0.1) is 11.8 Å². The summed E-state index contributed by atoms with van der Waals surface area (Å²) in [5, 5.41) is 0.999. The minimum atomic E-state index is 0.205. The van der Waals surface area contributed by atoms with Gasteiger partial charge < -0.3 is 4.42 Å². The topological polar surface area (TPSA) is 25.5 Å². The molecule has 1 atom stereocenters. The molecule has 2 nitrogen and oxygen atoms in total. The van der Waals surface area contributed by atoms with Crippen LogP contribution in [0.15, 0.2) is 81.2 Å². The number of rotatable bonds is 2. The molecule has 1 aliphatic heterocycles. The Labute approximate surface area is 144 Å². The molecule has 0 fully saturated rings. The second-order valence-corrected chi connectivity index (χ2v) is 6.99. The molecule has 1 aromatic heterocycles. The van der Waals surface area contributed by atoms with Crippen molar-refractivity contribution in [2.45, 2.75) is 16.6 Å². The van der Waals surface area contributed by atoms with Crippen molar-refractivity contribution in [3.63, 3.8) is 0 Å². The SMILES string of the molecule is Clc1ccccc1C1CC(c2ccco2)=Nc2ccccc2S1. The quantitative estimate of drug-likeness (QED) is 0.548. The average molecular weight is 340 g/mol. The van der Waals surface area contributed by atoms with Crippen molar-refractivity contribution in [2.24, 2.45) is 4.99 Å². The zero-order valence-corrected chi connectivity index (χ0v) is 13.8. The summed E-state index contributed by atoms with van der Waals surface area (Å²) in [6.45, 7) is 0. The highest BCUT2D eigenvalue weighted by molar-refractivity contribution is 7.99. The van der Waals surface area contributed by atoms with E-state index < -0.39 is 0 Å². The molecule has 0 bridgehead atoms. The van der Waals surface area contributed by atoms with Crippen molar-refractivity contribution < 1.29 is 4.42 Å². The second kappa shape index (κ2) is 6.26. The van der Waals surface area contributed by atoms with E-state index in [0.717, 1.165) is 34.2 Å². The van der Waals surface area contributed by atoms with Crippen LogP contribution in [0.1, 0.15) is 23.0 Å². The van der Waals surface area contributed by atoms with Gasteiger partial charge in [0.15, 0.2) is 0 Å². The van der Waals surface area contributed by atoms with E-state index in [1.807, 2.05) is 48.5 Å². The average Bonchev–Trinajstić information content (AvgIpc) is 3.03. The Balaban J connectivity index is 1.82. The van der Waals surface area contributed by atoms with Crippen LogP contribution in [0, 0.1) is 0 Å². The molecule has 114 valence electrons. The van der Waals surface area contributed by atoms with E-state index in [9.17, 15) is 0 Å². The van der Waals surface area contributed by atoms with Crippen LogP contribution < -0.4 is 0 Å². The number of fused-ring (bicyclic) bond motifs is 1. The lowest BCUT2D eigenvalue weighted by Gasteiger charge is -2.16. The third-order valence-electron chi connectivity index (χ3n) is 3.83. The maximum Gasteiger partial charge on any atom is 0.148 e. The molecule has 0 saturated heterocycles. The van der Waals surface area contributed by atoms with Crippen LogP contribution in [0.2, 0.25) is 5.02 Å². The number of aliphatic imine (C=N–C) groups is 1. The number of thioether (sulfide) groups is 1. The molecular formula is C19H14ClNOS. The van der Waals surface area contributed by atoms with Crippen LogP contribution >= 0.6 is 23.4 Å². The lowest BCUT2D eigenvalue weighted by Crippen LogP contribution is -2.04. The lowest BCUT2D eigenvalue weighted by molar-refractivity contribution is 0.555. The molecule has 1 unspecified atom stereocenters. The van der Waals surface area contributed by atoms with Crippen molar-refractivity contribution in [1.29, 1.82) is 0 Å². The summed E-state index contributed by atoms with van der Waals surface area (Å²) in [4.78, 5) is 6.01. The van der Waals surface area contributed by atoms with Crippen LogP contribution in [0.4, 0.5) is 5.69 Å². The van der Waals surface area contributed by atoms with Crippen LogP contribution in [-0.2, 0) is 0 Å². The normalized spacial score (nSPS) is 17.3. The van der Waals surface area contributed by atoms with Crippen molar-refractivity contribution in [2.75, 3.05) is 0 Å². The first-order valence-electron chi connectivity index (χ1n) is 7.43. The third kappa shape index (κ3) is 2.94. The molecule has 0 amide bonds. The van der Waals surface area contributed by atoms with E-state index in [1.165, 1.54) is 4.90 Å². The number of para-hydroxylation sites is 1. The van der Waals surface area contributed by atoms with Gasteiger partial charge in [0.2, 0.25) is 0 Å². The van der Waals surface area contributed by atoms with Gasteiger partial charge in [0, 0.05) is 21.6 Å². The molecule has 0 N–H and O–H groups in total. The minimum absolute atomic E-state index is 0.205. The number of halogens is 1. The smallest absolute Gasteiger partial charge is 0.148 e. The molecule has 0 radical (unpaired) electrons. The van der Waals surface area contributed by atoms with Gasteiger partial charge in [-0.25, -0.2) is 4.99 Å². The van der Waals surface area contributed by atoms with Gasteiger partial charge in [-0.2, -0.15) is 0 Å².